The van der Waals surface area contributed by atoms with Crippen LogP contribution in [0.1, 0.15) is 34.6 Å². The summed E-state index contributed by atoms with van der Waals surface area (Å²) in [6.07, 6.45) is -5.00. The van der Waals surface area contributed by atoms with Crippen LogP contribution < -0.4 is 4.74 Å². The molecule has 0 aliphatic carbocycles. The lowest BCUT2D eigenvalue weighted by Gasteiger charge is -2.14. The van der Waals surface area contributed by atoms with Gasteiger partial charge in [0.15, 0.2) is 5.78 Å². The van der Waals surface area contributed by atoms with Crippen molar-refractivity contribution in [1.29, 1.82) is 0 Å². The van der Waals surface area contributed by atoms with E-state index in [1.165, 1.54) is 13.0 Å². The Morgan fingerprint density at radius 2 is 1.95 bits per heavy atom. The molecule has 0 saturated heterocycles. The summed E-state index contributed by atoms with van der Waals surface area (Å²) in [6.45, 7) is 2.94. The standard InChI is InChI=1S/C13H12ClF3O4/c1-3-20-12(19)8-4-5-9(11(18)7(2)14)10(6-8)21-13(15,16)17/h4-7H,3H2,1-2H3. The SMILES string of the molecule is CCOC(=O)c1ccc(C(=O)C(C)Cl)c(OC(F)(F)F)c1. The summed E-state index contributed by atoms with van der Waals surface area (Å²) in [5.74, 6) is -2.35. The molecule has 0 bridgehead atoms. The molecule has 8 heteroatoms. The number of Topliss-reactive ketones (excluding diaryl/α,β-unsaturated/α-hetero) is 1. The minimum atomic E-state index is -5.00. The van der Waals surface area contributed by atoms with Gasteiger partial charge in [0.05, 0.1) is 23.1 Å². The smallest absolute Gasteiger partial charge is 0.462 e. The predicted octanol–water partition coefficient (Wildman–Crippen LogP) is 3.57. The van der Waals surface area contributed by atoms with Crippen molar-refractivity contribution in [3.8, 4) is 5.75 Å². The molecular weight excluding hydrogens is 313 g/mol. The lowest BCUT2D eigenvalue weighted by atomic mass is 10.0. The van der Waals surface area contributed by atoms with Gasteiger partial charge in [-0.3, -0.25) is 4.79 Å². The van der Waals surface area contributed by atoms with Gasteiger partial charge in [0.25, 0.3) is 0 Å². The molecule has 21 heavy (non-hydrogen) atoms. The molecule has 0 amide bonds. The third-order valence-electron chi connectivity index (χ3n) is 2.35. The monoisotopic (exact) mass is 324 g/mol. The van der Waals surface area contributed by atoms with Gasteiger partial charge in [-0.2, -0.15) is 0 Å². The molecule has 116 valence electrons. The van der Waals surface area contributed by atoms with E-state index in [4.69, 9.17) is 11.6 Å². The van der Waals surface area contributed by atoms with Crippen molar-refractivity contribution in [2.75, 3.05) is 6.61 Å². The number of esters is 1. The third-order valence-corrected chi connectivity index (χ3v) is 2.54. The van der Waals surface area contributed by atoms with E-state index < -0.39 is 29.2 Å². The van der Waals surface area contributed by atoms with Crippen LogP contribution in [-0.2, 0) is 4.74 Å². The summed E-state index contributed by atoms with van der Waals surface area (Å²) in [5, 5.41) is -1.03. The van der Waals surface area contributed by atoms with Gasteiger partial charge in [0, 0.05) is 0 Å². The molecule has 0 aliphatic rings. The van der Waals surface area contributed by atoms with Crippen molar-refractivity contribution in [2.24, 2.45) is 0 Å². The minimum absolute atomic E-state index is 0.0632. The van der Waals surface area contributed by atoms with E-state index in [1.54, 1.807) is 6.92 Å². The first-order chi connectivity index (χ1) is 9.65. The Morgan fingerprint density at radius 1 is 1.33 bits per heavy atom. The van der Waals surface area contributed by atoms with E-state index in [1.807, 2.05) is 0 Å². The number of ether oxygens (including phenoxy) is 2. The van der Waals surface area contributed by atoms with Crippen LogP contribution in [0.5, 0.6) is 5.75 Å². The predicted molar refractivity (Wildman–Crippen MR) is 68.7 cm³/mol. The quantitative estimate of drug-likeness (QED) is 0.472. The maximum atomic E-state index is 12.4. The molecule has 0 saturated carbocycles. The topological polar surface area (TPSA) is 52.6 Å². The van der Waals surface area contributed by atoms with Crippen LogP contribution in [0.4, 0.5) is 13.2 Å². The molecule has 0 aliphatic heterocycles. The first-order valence-electron chi connectivity index (χ1n) is 5.91. The second kappa shape index (κ2) is 6.80. The Bertz CT molecular complexity index is 541. The Balaban J connectivity index is 3.26. The van der Waals surface area contributed by atoms with E-state index >= 15 is 0 Å². The van der Waals surface area contributed by atoms with Gasteiger partial charge in [0.2, 0.25) is 0 Å². The summed E-state index contributed by atoms with van der Waals surface area (Å²) in [7, 11) is 0. The molecule has 0 aromatic heterocycles. The molecule has 1 atom stereocenters. The Hall–Kier alpha value is -1.76. The number of benzene rings is 1. The zero-order chi connectivity index (χ0) is 16.2. The summed E-state index contributed by atoms with van der Waals surface area (Å²) in [6, 6.07) is 3.03. The van der Waals surface area contributed by atoms with Crippen LogP contribution in [0, 0.1) is 0 Å². The van der Waals surface area contributed by atoms with E-state index in [2.05, 4.69) is 9.47 Å². The molecule has 1 rings (SSSR count). The summed E-state index contributed by atoms with van der Waals surface area (Å²) in [5.41, 5.74) is -0.516. The molecular formula is C13H12ClF3O4. The first-order valence-corrected chi connectivity index (χ1v) is 6.34. The van der Waals surface area contributed by atoms with Crippen LogP contribution in [-0.4, -0.2) is 30.1 Å². The average molecular weight is 325 g/mol. The van der Waals surface area contributed by atoms with Crippen LogP contribution >= 0.6 is 11.6 Å². The fraction of sp³-hybridized carbons (Fsp3) is 0.385. The van der Waals surface area contributed by atoms with Crippen molar-refractivity contribution in [2.45, 2.75) is 25.6 Å². The highest BCUT2D eigenvalue weighted by Gasteiger charge is 2.33. The van der Waals surface area contributed by atoms with Crippen LogP contribution in [0.25, 0.3) is 0 Å². The second-order valence-electron chi connectivity index (χ2n) is 3.96. The van der Waals surface area contributed by atoms with Crippen molar-refractivity contribution < 1.29 is 32.2 Å². The van der Waals surface area contributed by atoms with Gasteiger partial charge in [-0.05, 0) is 32.0 Å². The number of alkyl halides is 4. The number of carbonyl (C=O) groups is 2. The van der Waals surface area contributed by atoms with Crippen molar-refractivity contribution in [1.82, 2.24) is 0 Å². The molecule has 0 fully saturated rings. The molecule has 0 heterocycles. The molecule has 1 unspecified atom stereocenters. The Morgan fingerprint density at radius 3 is 2.43 bits per heavy atom. The third kappa shape index (κ3) is 4.93. The molecule has 4 nitrogen and oxygen atoms in total. The van der Waals surface area contributed by atoms with E-state index in [9.17, 15) is 22.8 Å². The van der Waals surface area contributed by atoms with E-state index in [-0.39, 0.29) is 17.7 Å². The number of hydrogen-bond donors (Lipinski definition) is 0. The molecule has 0 N–H and O–H groups in total. The van der Waals surface area contributed by atoms with Gasteiger partial charge in [-0.25, -0.2) is 4.79 Å². The van der Waals surface area contributed by atoms with E-state index in [0.717, 1.165) is 12.1 Å². The zero-order valence-corrected chi connectivity index (χ0v) is 11.9. The number of ketones is 1. The van der Waals surface area contributed by atoms with Gasteiger partial charge >= 0.3 is 12.3 Å². The van der Waals surface area contributed by atoms with Crippen LogP contribution in [0.15, 0.2) is 18.2 Å². The molecule has 0 spiro atoms. The van der Waals surface area contributed by atoms with Gasteiger partial charge in [0.1, 0.15) is 5.75 Å². The van der Waals surface area contributed by atoms with Gasteiger partial charge in [-0.15, -0.1) is 24.8 Å². The zero-order valence-electron chi connectivity index (χ0n) is 11.2. The van der Waals surface area contributed by atoms with Gasteiger partial charge < -0.3 is 9.47 Å². The lowest BCUT2D eigenvalue weighted by Crippen LogP contribution is -2.21. The first kappa shape index (κ1) is 17.3. The largest absolute Gasteiger partial charge is 0.573 e. The Labute approximate surface area is 123 Å². The highest BCUT2D eigenvalue weighted by molar-refractivity contribution is 6.34. The molecule has 1 aromatic rings. The number of rotatable bonds is 5. The summed E-state index contributed by atoms with van der Waals surface area (Å²) in [4.78, 5) is 23.3. The maximum Gasteiger partial charge on any atom is 0.573 e. The van der Waals surface area contributed by atoms with Crippen molar-refractivity contribution in [3.63, 3.8) is 0 Å². The van der Waals surface area contributed by atoms with Crippen molar-refractivity contribution in [3.05, 3.63) is 29.3 Å². The van der Waals surface area contributed by atoms with E-state index in [0.29, 0.717) is 0 Å². The van der Waals surface area contributed by atoms with Crippen LogP contribution in [0.3, 0.4) is 0 Å². The maximum absolute atomic E-state index is 12.4. The molecule has 0 radical (unpaired) electrons. The highest BCUT2D eigenvalue weighted by atomic mass is 35.5. The normalized spacial score (nSPS) is 12.7. The minimum Gasteiger partial charge on any atom is -0.462 e. The number of halogens is 4. The lowest BCUT2D eigenvalue weighted by molar-refractivity contribution is -0.274. The number of hydrogen-bond acceptors (Lipinski definition) is 4. The highest BCUT2D eigenvalue weighted by Crippen LogP contribution is 2.29. The second-order valence-corrected chi connectivity index (χ2v) is 4.61. The van der Waals surface area contributed by atoms with Gasteiger partial charge in [-0.1, -0.05) is 0 Å². The van der Waals surface area contributed by atoms with Crippen LogP contribution in [0.2, 0.25) is 0 Å². The summed E-state index contributed by atoms with van der Waals surface area (Å²) < 4.78 is 45.6. The fourth-order valence-electron chi connectivity index (χ4n) is 1.49. The number of carbonyl (C=O) groups excluding carboxylic acids is 2. The average Bonchev–Trinajstić information content (AvgIpc) is 2.36. The van der Waals surface area contributed by atoms with Crippen molar-refractivity contribution >= 4 is 23.4 Å². The Kier molecular flexibility index (Phi) is 5.60. The summed E-state index contributed by atoms with van der Waals surface area (Å²) >= 11 is 5.58. The fourth-order valence-corrected chi connectivity index (χ4v) is 1.61. The molecule has 1 aromatic carbocycles.